The van der Waals surface area contributed by atoms with Crippen LogP contribution in [0.25, 0.3) is 22.4 Å². The molecule has 10 nitrogen and oxygen atoms in total. The van der Waals surface area contributed by atoms with E-state index in [1.165, 1.54) is 12.8 Å². The third-order valence-corrected chi connectivity index (χ3v) is 7.87. The van der Waals surface area contributed by atoms with Gasteiger partial charge in [0.1, 0.15) is 5.75 Å². The predicted octanol–water partition coefficient (Wildman–Crippen LogP) is 3.74. The predicted molar refractivity (Wildman–Crippen MR) is 152 cm³/mol. The van der Waals surface area contributed by atoms with Crippen molar-refractivity contribution in [3.8, 4) is 17.0 Å². The first kappa shape index (κ1) is 25.5. The van der Waals surface area contributed by atoms with E-state index in [2.05, 4.69) is 25.8 Å². The number of benzene rings is 1. The molecule has 4 heterocycles. The lowest BCUT2D eigenvalue weighted by molar-refractivity contribution is 0.188. The number of β-amino-alcohol motifs (C(OH)–C–C–N with tert-alkyl or cyclic N) is 1. The van der Waals surface area contributed by atoms with Crippen molar-refractivity contribution >= 4 is 22.9 Å². The van der Waals surface area contributed by atoms with E-state index in [4.69, 9.17) is 24.7 Å². The second kappa shape index (κ2) is 11.5. The number of fused-ring (bicyclic) bond motifs is 1. The molecular formula is C29H36N8O2. The van der Waals surface area contributed by atoms with E-state index in [1.807, 2.05) is 42.9 Å². The van der Waals surface area contributed by atoms with E-state index in [0.29, 0.717) is 19.1 Å². The molecule has 3 aromatic heterocycles. The van der Waals surface area contributed by atoms with Crippen LogP contribution in [0.3, 0.4) is 0 Å². The molecule has 2 N–H and O–H groups in total. The quantitative estimate of drug-likeness (QED) is 0.336. The lowest BCUT2D eigenvalue weighted by Crippen LogP contribution is -2.47. The maximum absolute atomic E-state index is 9.31. The van der Waals surface area contributed by atoms with Crippen molar-refractivity contribution in [2.45, 2.75) is 38.3 Å². The van der Waals surface area contributed by atoms with E-state index in [9.17, 15) is 5.11 Å². The lowest BCUT2D eigenvalue weighted by Gasteiger charge is -2.34. The van der Waals surface area contributed by atoms with Crippen LogP contribution in [-0.2, 0) is 6.54 Å². The van der Waals surface area contributed by atoms with E-state index < -0.39 is 0 Å². The molecule has 4 aromatic rings. The Bertz CT molecular complexity index is 1390. The maximum atomic E-state index is 9.31. The molecule has 0 radical (unpaired) electrons. The van der Waals surface area contributed by atoms with Crippen molar-refractivity contribution in [1.29, 1.82) is 0 Å². The molecule has 0 unspecified atom stereocenters. The summed E-state index contributed by atoms with van der Waals surface area (Å²) in [6.45, 7) is 4.90. The summed E-state index contributed by atoms with van der Waals surface area (Å²) >= 11 is 0. The summed E-state index contributed by atoms with van der Waals surface area (Å²) in [7, 11) is 1.68. The Morgan fingerprint density at radius 2 is 1.82 bits per heavy atom. The van der Waals surface area contributed by atoms with E-state index in [1.54, 1.807) is 7.11 Å². The van der Waals surface area contributed by atoms with Gasteiger partial charge in [0.05, 0.1) is 25.7 Å². The topological polar surface area (TPSA) is 104 Å². The standard InChI is InChI=1S/C29H36N8O2/c1-39-25-9-5-4-8-23(25)24-11-10-21(18-30-24)19-31-27-26-28(37(20-32-26)22-6-2-3-7-22)34-29(33-27)36-14-12-35(13-15-36)16-17-38/h4-5,8-11,18,20,22,38H,2-3,6-7,12-17,19H2,1H3,(H,31,33,34). The van der Waals surface area contributed by atoms with Gasteiger partial charge in [-0.3, -0.25) is 9.88 Å². The summed E-state index contributed by atoms with van der Waals surface area (Å²) < 4.78 is 7.76. The number of imidazole rings is 1. The SMILES string of the molecule is COc1ccccc1-c1ccc(CNc2nc(N3CCN(CCO)CC3)nc3c2ncn3C2CCCC2)cn1. The Labute approximate surface area is 228 Å². The van der Waals surface area contributed by atoms with Gasteiger partial charge in [-0.15, -0.1) is 0 Å². The molecule has 1 aromatic carbocycles. The number of anilines is 2. The number of aromatic nitrogens is 5. The first-order valence-electron chi connectivity index (χ1n) is 13.9. The molecule has 1 saturated heterocycles. The average molecular weight is 529 g/mol. The van der Waals surface area contributed by atoms with Crippen LogP contribution < -0.4 is 15.0 Å². The number of pyridine rings is 1. The summed E-state index contributed by atoms with van der Waals surface area (Å²) in [6, 6.07) is 12.5. The van der Waals surface area contributed by atoms with Gasteiger partial charge in [0.2, 0.25) is 5.95 Å². The molecule has 0 atom stereocenters. The number of nitrogens with one attached hydrogen (secondary N) is 1. The number of hydrogen-bond acceptors (Lipinski definition) is 9. The fourth-order valence-corrected chi connectivity index (χ4v) is 5.66. The van der Waals surface area contributed by atoms with Crippen molar-refractivity contribution in [3.05, 3.63) is 54.5 Å². The van der Waals surface area contributed by atoms with Gasteiger partial charge in [-0.1, -0.05) is 31.0 Å². The molecule has 2 aliphatic rings. The number of para-hydroxylation sites is 1. The third-order valence-electron chi connectivity index (χ3n) is 7.87. The summed E-state index contributed by atoms with van der Waals surface area (Å²) in [5, 5.41) is 12.8. The van der Waals surface area contributed by atoms with Gasteiger partial charge >= 0.3 is 0 Å². The molecule has 1 saturated carbocycles. The Balaban J connectivity index is 1.25. The fraction of sp³-hybridized carbons (Fsp3) is 0.448. The molecule has 0 amide bonds. The number of rotatable bonds is 9. The van der Waals surface area contributed by atoms with Crippen LogP contribution in [0.2, 0.25) is 0 Å². The molecule has 1 aliphatic heterocycles. The van der Waals surface area contributed by atoms with Gasteiger partial charge in [0.25, 0.3) is 0 Å². The van der Waals surface area contributed by atoms with Crippen molar-refractivity contribution in [1.82, 2.24) is 29.4 Å². The van der Waals surface area contributed by atoms with Gasteiger partial charge in [-0.2, -0.15) is 9.97 Å². The number of nitrogens with zero attached hydrogens (tertiary/aromatic N) is 7. The van der Waals surface area contributed by atoms with E-state index in [-0.39, 0.29) is 6.61 Å². The maximum Gasteiger partial charge on any atom is 0.229 e. The van der Waals surface area contributed by atoms with Gasteiger partial charge in [-0.05, 0) is 36.6 Å². The van der Waals surface area contributed by atoms with Crippen LogP contribution in [0.5, 0.6) is 5.75 Å². The Morgan fingerprint density at radius 1 is 1.00 bits per heavy atom. The highest BCUT2D eigenvalue weighted by molar-refractivity contribution is 5.84. The van der Waals surface area contributed by atoms with Crippen LogP contribution in [-0.4, -0.2) is 80.9 Å². The second-order valence-corrected chi connectivity index (χ2v) is 10.3. The first-order chi connectivity index (χ1) is 19.2. The molecule has 204 valence electrons. The molecule has 0 bridgehead atoms. The molecule has 6 rings (SSSR count). The summed E-state index contributed by atoms with van der Waals surface area (Å²) in [6.07, 6.45) is 8.66. The lowest BCUT2D eigenvalue weighted by atomic mass is 10.1. The minimum absolute atomic E-state index is 0.186. The number of methoxy groups -OCH3 is 1. The average Bonchev–Trinajstić information content (AvgIpc) is 3.67. The van der Waals surface area contributed by atoms with Crippen molar-refractivity contribution in [2.75, 3.05) is 56.7 Å². The fourth-order valence-electron chi connectivity index (χ4n) is 5.66. The minimum Gasteiger partial charge on any atom is -0.496 e. The highest BCUT2D eigenvalue weighted by Crippen LogP contribution is 2.34. The van der Waals surface area contributed by atoms with Crippen LogP contribution in [0, 0.1) is 0 Å². The molecular weight excluding hydrogens is 492 g/mol. The van der Waals surface area contributed by atoms with Crippen molar-refractivity contribution in [3.63, 3.8) is 0 Å². The number of ether oxygens (including phenoxy) is 1. The van der Waals surface area contributed by atoms with Crippen LogP contribution in [0.4, 0.5) is 11.8 Å². The number of piperazine rings is 1. The molecule has 0 spiro atoms. The van der Waals surface area contributed by atoms with E-state index in [0.717, 1.165) is 84.5 Å². The Hall–Kier alpha value is -3.76. The molecule has 2 fully saturated rings. The largest absolute Gasteiger partial charge is 0.496 e. The number of hydrogen-bond donors (Lipinski definition) is 2. The summed E-state index contributed by atoms with van der Waals surface area (Å²) in [5.41, 5.74) is 4.60. The highest BCUT2D eigenvalue weighted by Gasteiger charge is 2.25. The minimum atomic E-state index is 0.186. The summed E-state index contributed by atoms with van der Waals surface area (Å²) in [5.74, 6) is 2.29. The van der Waals surface area contributed by atoms with Crippen molar-refractivity contribution in [2.24, 2.45) is 0 Å². The third kappa shape index (κ3) is 5.39. The zero-order valence-electron chi connectivity index (χ0n) is 22.5. The van der Waals surface area contributed by atoms with Crippen LogP contribution in [0.15, 0.2) is 48.9 Å². The smallest absolute Gasteiger partial charge is 0.229 e. The van der Waals surface area contributed by atoms with Crippen LogP contribution in [0.1, 0.15) is 37.3 Å². The zero-order valence-corrected chi connectivity index (χ0v) is 22.5. The number of aliphatic hydroxyl groups excluding tert-OH is 1. The first-order valence-corrected chi connectivity index (χ1v) is 13.9. The number of aliphatic hydroxyl groups is 1. The molecule has 10 heteroatoms. The van der Waals surface area contributed by atoms with Gasteiger partial charge in [0, 0.05) is 57.1 Å². The van der Waals surface area contributed by atoms with Gasteiger partial charge in [-0.25, -0.2) is 4.98 Å². The van der Waals surface area contributed by atoms with E-state index >= 15 is 0 Å². The summed E-state index contributed by atoms with van der Waals surface area (Å²) in [4.78, 5) is 24.0. The van der Waals surface area contributed by atoms with Gasteiger partial charge < -0.3 is 24.6 Å². The van der Waals surface area contributed by atoms with Gasteiger partial charge in [0.15, 0.2) is 17.0 Å². The molecule has 1 aliphatic carbocycles. The van der Waals surface area contributed by atoms with Crippen molar-refractivity contribution < 1.29 is 9.84 Å². The second-order valence-electron chi connectivity index (χ2n) is 10.3. The highest BCUT2D eigenvalue weighted by atomic mass is 16.5. The molecule has 39 heavy (non-hydrogen) atoms. The monoisotopic (exact) mass is 528 g/mol. The normalized spacial score (nSPS) is 16.7. The zero-order chi connectivity index (χ0) is 26.6. The van der Waals surface area contributed by atoms with Crippen LogP contribution >= 0.6 is 0 Å². The Morgan fingerprint density at radius 3 is 2.56 bits per heavy atom. The Kier molecular flexibility index (Phi) is 7.55.